The van der Waals surface area contributed by atoms with Gasteiger partial charge in [-0.3, -0.25) is 4.98 Å². The summed E-state index contributed by atoms with van der Waals surface area (Å²) in [5, 5.41) is 0. The Labute approximate surface area is 81.5 Å². The molecule has 0 aliphatic carbocycles. The Kier molecular flexibility index (Phi) is 3.76. The molecule has 1 aromatic heterocycles. The van der Waals surface area contributed by atoms with Crippen LogP contribution in [0.15, 0.2) is 18.3 Å². The van der Waals surface area contributed by atoms with Gasteiger partial charge in [0.25, 0.3) is 6.43 Å². The van der Waals surface area contributed by atoms with E-state index in [4.69, 9.17) is 5.73 Å². The highest BCUT2D eigenvalue weighted by Gasteiger charge is 2.08. The molecular formula is C9H13F2N3. The monoisotopic (exact) mass is 201 g/mol. The third-order valence-electron chi connectivity index (χ3n) is 1.87. The van der Waals surface area contributed by atoms with Crippen molar-refractivity contribution in [3.63, 3.8) is 0 Å². The van der Waals surface area contributed by atoms with Crippen LogP contribution in [0.2, 0.25) is 0 Å². The Morgan fingerprint density at radius 1 is 1.50 bits per heavy atom. The molecule has 3 nitrogen and oxygen atoms in total. The fraction of sp³-hybridized carbons (Fsp3) is 0.444. The Bertz CT molecular complexity index is 274. The molecule has 0 radical (unpaired) electrons. The second-order valence-corrected chi connectivity index (χ2v) is 2.98. The summed E-state index contributed by atoms with van der Waals surface area (Å²) in [7, 11) is 1.60. The number of hydrogen-bond acceptors (Lipinski definition) is 3. The van der Waals surface area contributed by atoms with Gasteiger partial charge in [-0.05, 0) is 12.1 Å². The molecule has 0 fully saturated rings. The number of nitrogens with zero attached hydrogens (tertiary/aromatic N) is 2. The molecule has 0 spiro atoms. The van der Waals surface area contributed by atoms with E-state index in [1.807, 2.05) is 0 Å². The van der Waals surface area contributed by atoms with Gasteiger partial charge >= 0.3 is 0 Å². The maximum atomic E-state index is 12.0. The molecule has 0 saturated carbocycles. The number of pyridine rings is 1. The van der Waals surface area contributed by atoms with Crippen LogP contribution < -0.4 is 10.6 Å². The van der Waals surface area contributed by atoms with Crippen LogP contribution in [0.3, 0.4) is 0 Å². The molecule has 14 heavy (non-hydrogen) atoms. The summed E-state index contributed by atoms with van der Waals surface area (Å²) >= 11 is 0. The van der Waals surface area contributed by atoms with E-state index in [9.17, 15) is 8.78 Å². The van der Waals surface area contributed by atoms with Crippen LogP contribution in [-0.2, 0) is 6.54 Å². The van der Waals surface area contributed by atoms with Gasteiger partial charge in [0.15, 0.2) is 0 Å². The summed E-state index contributed by atoms with van der Waals surface area (Å²) in [6.07, 6.45) is -0.793. The summed E-state index contributed by atoms with van der Waals surface area (Å²) in [5.41, 5.74) is 6.78. The first-order valence-corrected chi connectivity index (χ1v) is 4.27. The van der Waals surface area contributed by atoms with Gasteiger partial charge in [-0.1, -0.05) is 0 Å². The van der Waals surface area contributed by atoms with Gasteiger partial charge < -0.3 is 10.6 Å². The average Bonchev–Trinajstić information content (AvgIpc) is 2.17. The topological polar surface area (TPSA) is 42.1 Å². The second kappa shape index (κ2) is 4.85. The Morgan fingerprint density at radius 2 is 2.21 bits per heavy atom. The predicted molar refractivity (Wildman–Crippen MR) is 51.4 cm³/mol. The largest absolute Gasteiger partial charge is 0.368 e. The van der Waals surface area contributed by atoms with Gasteiger partial charge in [0.2, 0.25) is 0 Å². The summed E-state index contributed by atoms with van der Waals surface area (Å²) in [5.74, 6) is 0. The standard InChI is InChI=1S/C9H13F2N3/c1-14(6-9(10)11)8-3-2-7(4-12)13-5-8/h2-3,5,9H,4,6,12H2,1H3. The summed E-state index contributed by atoms with van der Waals surface area (Å²) < 4.78 is 24.1. The predicted octanol–water partition coefficient (Wildman–Crippen LogP) is 1.24. The van der Waals surface area contributed by atoms with E-state index in [0.29, 0.717) is 12.2 Å². The molecule has 78 valence electrons. The zero-order valence-electron chi connectivity index (χ0n) is 7.95. The van der Waals surface area contributed by atoms with Gasteiger partial charge in [0.05, 0.1) is 24.1 Å². The fourth-order valence-corrected chi connectivity index (χ4v) is 1.08. The molecule has 0 unspecified atom stereocenters. The number of hydrogen-bond donors (Lipinski definition) is 1. The minimum Gasteiger partial charge on any atom is -0.368 e. The highest BCUT2D eigenvalue weighted by Crippen LogP contribution is 2.12. The Morgan fingerprint density at radius 3 is 2.64 bits per heavy atom. The molecule has 0 amide bonds. The quantitative estimate of drug-likeness (QED) is 0.797. The van der Waals surface area contributed by atoms with E-state index in [-0.39, 0.29) is 6.54 Å². The van der Waals surface area contributed by atoms with E-state index in [2.05, 4.69) is 4.98 Å². The first-order chi connectivity index (χ1) is 6.63. The second-order valence-electron chi connectivity index (χ2n) is 2.98. The van der Waals surface area contributed by atoms with Crippen molar-refractivity contribution >= 4 is 5.69 Å². The average molecular weight is 201 g/mol. The van der Waals surface area contributed by atoms with Crippen molar-refractivity contribution in [2.45, 2.75) is 13.0 Å². The Hall–Kier alpha value is -1.23. The Balaban J connectivity index is 2.66. The first kappa shape index (κ1) is 10.8. The van der Waals surface area contributed by atoms with Crippen molar-refractivity contribution in [3.8, 4) is 0 Å². The van der Waals surface area contributed by atoms with Crippen LogP contribution >= 0.6 is 0 Å². The molecule has 5 heteroatoms. The van der Waals surface area contributed by atoms with Crippen LogP contribution in [0.25, 0.3) is 0 Å². The van der Waals surface area contributed by atoms with E-state index in [0.717, 1.165) is 5.69 Å². The highest BCUT2D eigenvalue weighted by atomic mass is 19.3. The summed E-state index contributed by atoms with van der Waals surface area (Å²) in [6, 6.07) is 3.47. The molecular weight excluding hydrogens is 188 g/mol. The molecule has 1 rings (SSSR count). The molecule has 0 atom stereocenters. The number of rotatable bonds is 4. The van der Waals surface area contributed by atoms with Crippen molar-refractivity contribution in [2.75, 3.05) is 18.5 Å². The zero-order chi connectivity index (χ0) is 10.6. The van der Waals surface area contributed by atoms with Crippen LogP contribution in [0.4, 0.5) is 14.5 Å². The van der Waals surface area contributed by atoms with Crippen LogP contribution in [0, 0.1) is 0 Å². The lowest BCUT2D eigenvalue weighted by molar-refractivity contribution is 0.156. The fourth-order valence-electron chi connectivity index (χ4n) is 1.08. The number of aromatic nitrogens is 1. The summed E-state index contributed by atoms with van der Waals surface area (Å²) in [6.45, 7) is 0.0719. The molecule has 0 saturated heterocycles. The smallest absolute Gasteiger partial charge is 0.255 e. The third kappa shape index (κ3) is 2.92. The van der Waals surface area contributed by atoms with E-state index < -0.39 is 6.43 Å². The lowest BCUT2D eigenvalue weighted by Crippen LogP contribution is -2.24. The van der Waals surface area contributed by atoms with Crippen molar-refractivity contribution in [1.29, 1.82) is 0 Å². The molecule has 0 aliphatic heterocycles. The van der Waals surface area contributed by atoms with Crippen molar-refractivity contribution in [2.24, 2.45) is 5.73 Å². The molecule has 2 N–H and O–H groups in total. The van der Waals surface area contributed by atoms with E-state index in [1.165, 1.54) is 4.90 Å². The van der Waals surface area contributed by atoms with Gasteiger partial charge in [0.1, 0.15) is 0 Å². The van der Waals surface area contributed by atoms with Crippen molar-refractivity contribution in [1.82, 2.24) is 4.98 Å². The van der Waals surface area contributed by atoms with E-state index in [1.54, 1.807) is 25.4 Å². The van der Waals surface area contributed by atoms with Gasteiger partial charge in [0, 0.05) is 13.6 Å². The van der Waals surface area contributed by atoms with Crippen molar-refractivity contribution in [3.05, 3.63) is 24.0 Å². The SMILES string of the molecule is CN(CC(F)F)c1ccc(CN)nc1. The van der Waals surface area contributed by atoms with Gasteiger partial charge in [-0.2, -0.15) is 0 Å². The molecule has 1 heterocycles. The normalized spacial score (nSPS) is 10.6. The minimum atomic E-state index is -2.34. The number of anilines is 1. The number of halogens is 2. The van der Waals surface area contributed by atoms with Crippen LogP contribution in [0.1, 0.15) is 5.69 Å². The zero-order valence-corrected chi connectivity index (χ0v) is 7.95. The molecule has 0 aliphatic rings. The molecule has 0 bridgehead atoms. The van der Waals surface area contributed by atoms with Gasteiger partial charge in [-0.15, -0.1) is 0 Å². The van der Waals surface area contributed by atoms with Crippen LogP contribution in [0.5, 0.6) is 0 Å². The maximum absolute atomic E-state index is 12.0. The lowest BCUT2D eigenvalue weighted by Gasteiger charge is -2.18. The molecule has 0 aromatic carbocycles. The van der Waals surface area contributed by atoms with Crippen LogP contribution in [-0.4, -0.2) is 25.0 Å². The first-order valence-electron chi connectivity index (χ1n) is 4.27. The number of nitrogens with two attached hydrogens (primary N) is 1. The maximum Gasteiger partial charge on any atom is 0.255 e. The third-order valence-corrected chi connectivity index (χ3v) is 1.87. The van der Waals surface area contributed by atoms with E-state index >= 15 is 0 Å². The summed E-state index contributed by atoms with van der Waals surface area (Å²) in [4.78, 5) is 5.47. The molecule has 1 aromatic rings. The van der Waals surface area contributed by atoms with Crippen molar-refractivity contribution < 1.29 is 8.78 Å². The number of alkyl halides is 2. The van der Waals surface area contributed by atoms with Gasteiger partial charge in [-0.25, -0.2) is 8.78 Å². The minimum absolute atomic E-state index is 0.288. The lowest BCUT2D eigenvalue weighted by atomic mass is 10.3. The highest BCUT2D eigenvalue weighted by molar-refractivity contribution is 5.43.